The number of halogens is 6. The maximum Gasteiger partial charge on any atom is 0.342 e. The largest absolute Gasteiger partial charge is 0.487 e. The molecule has 1 unspecified atom stereocenters. The lowest BCUT2D eigenvalue weighted by atomic mass is 9.71. The van der Waals surface area contributed by atoms with Gasteiger partial charge in [-0.25, -0.2) is 27.5 Å². The fourth-order valence-corrected chi connectivity index (χ4v) is 4.29. The molecule has 218 valence electrons. The Balaban J connectivity index is 1.51. The van der Waals surface area contributed by atoms with Crippen LogP contribution in [0.25, 0.3) is 12.2 Å². The summed E-state index contributed by atoms with van der Waals surface area (Å²) in [7, 11) is 0. The van der Waals surface area contributed by atoms with Gasteiger partial charge in [-0.2, -0.15) is 19.0 Å². The van der Waals surface area contributed by atoms with Crippen LogP contribution in [0.1, 0.15) is 37.7 Å². The average molecular weight is 579 g/mol. The summed E-state index contributed by atoms with van der Waals surface area (Å²) in [6.45, 7) is 2.99. The lowest BCUT2D eigenvalue weighted by Crippen LogP contribution is -2.42. The van der Waals surface area contributed by atoms with Gasteiger partial charge >= 0.3 is 11.8 Å². The molecule has 0 N–H and O–H groups in total. The van der Waals surface area contributed by atoms with E-state index < -0.39 is 35.5 Å². The third-order valence-electron chi connectivity index (χ3n) is 6.85. The molecular weight excluding hydrogens is 550 g/mol. The second-order valence-corrected chi connectivity index (χ2v) is 10.1. The number of nitrogens with zero attached hydrogens (tertiary/aromatic N) is 6. The van der Waals surface area contributed by atoms with Gasteiger partial charge in [-0.1, -0.05) is 38.1 Å². The normalized spacial score (nSPS) is 14.1. The van der Waals surface area contributed by atoms with E-state index in [1.807, 2.05) is 13.8 Å². The Hall–Kier alpha value is -4.16. The minimum atomic E-state index is -4.30. The molecule has 0 spiro atoms. The van der Waals surface area contributed by atoms with Gasteiger partial charge in [-0.15, -0.1) is 0 Å². The number of ether oxygens (including phenoxy) is 1. The number of aromatic nitrogens is 6. The van der Waals surface area contributed by atoms with E-state index in [9.17, 15) is 22.0 Å². The number of rotatable bonds is 12. The van der Waals surface area contributed by atoms with Crippen molar-refractivity contribution >= 4 is 12.2 Å². The molecular formula is C28H28F6N6O. The van der Waals surface area contributed by atoms with Gasteiger partial charge in [0.2, 0.25) is 0 Å². The topological polar surface area (TPSA) is 70.7 Å². The van der Waals surface area contributed by atoms with E-state index >= 15 is 4.39 Å². The summed E-state index contributed by atoms with van der Waals surface area (Å²) < 4.78 is 89.7. The third kappa shape index (κ3) is 6.95. The number of hydrogen-bond donors (Lipinski definition) is 0. The van der Waals surface area contributed by atoms with Crippen molar-refractivity contribution in [2.75, 3.05) is 6.61 Å². The second-order valence-electron chi connectivity index (χ2n) is 10.1. The smallest absolute Gasteiger partial charge is 0.342 e. The van der Waals surface area contributed by atoms with Crippen LogP contribution in [0.5, 0.6) is 5.75 Å². The van der Waals surface area contributed by atoms with Crippen molar-refractivity contribution in [1.82, 2.24) is 29.5 Å². The summed E-state index contributed by atoms with van der Waals surface area (Å²) in [6.07, 6.45) is 7.69. The average Bonchev–Trinajstić information content (AvgIpc) is 3.58. The molecule has 0 aliphatic carbocycles. The van der Waals surface area contributed by atoms with Crippen molar-refractivity contribution in [1.29, 1.82) is 0 Å². The third-order valence-corrected chi connectivity index (χ3v) is 6.85. The number of alkyl halides is 4. The summed E-state index contributed by atoms with van der Waals surface area (Å²) in [5.41, 5.74) is 0.0613. The molecule has 1 atom stereocenters. The second kappa shape index (κ2) is 11.8. The molecule has 2 aromatic heterocycles. The Kier molecular flexibility index (Phi) is 8.55. The van der Waals surface area contributed by atoms with Gasteiger partial charge in [0.25, 0.3) is 0 Å². The van der Waals surface area contributed by atoms with Crippen LogP contribution in [0.2, 0.25) is 0 Å². The summed E-state index contributed by atoms with van der Waals surface area (Å²) in [5, 5.41) is 8.67. The van der Waals surface area contributed by atoms with E-state index in [1.54, 1.807) is 33.6 Å². The van der Waals surface area contributed by atoms with Gasteiger partial charge < -0.3 is 4.74 Å². The lowest BCUT2D eigenvalue weighted by Gasteiger charge is -2.38. The van der Waals surface area contributed by atoms with Crippen LogP contribution < -0.4 is 4.74 Å². The molecule has 0 saturated heterocycles. The highest BCUT2D eigenvalue weighted by atomic mass is 19.3. The Morgan fingerprint density at radius 3 is 2.24 bits per heavy atom. The molecule has 41 heavy (non-hydrogen) atoms. The van der Waals surface area contributed by atoms with Gasteiger partial charge in [0, 0.05) is 18.4 Å². The minimum Gasteiger partial charge on any atom is -0.487 e. The number of hydrogen-bond acceptors (Lipinski definition) is 5. The van der Waals surface area contributed by atoms with Gasteiger partial charge in [0.15, 0.2) is 12.4 Å². The molecule has 13 heteroatoms. The molecule has 0 saturated carbocycles. The highest BCUT2D eigenvalue weighted by Crippen LogP contribution is 2.38. The molecule has 0 fully saturated rings. The quantitative estimate of drug-likeness (QED) is 0.185. The number of benzene rings is 2. The van der Waals surface area contributed by atoms with Gasteiger partial charge in [0.1, 0.15) is 36.4 Å². The Morgan fingerprint density at radius 1 is 0.927 bits per heavy atom. The molecule has 0 aliphatic heterocycles. The van der Waals surface area contributed by atoms with E-state index in [-0.39, 0.29) is 31.7 Å². The van der Waals surface area contributed by atoms with E-state index in [0.29, 0.717) is 17.0 Å². The molecule has 2 heterocycles. The molecule has 0 amide bonds. The summed E-state index contributed by atoms with van der Waals surface area (Å²) in [6, 6.07) is 9.38. The molecule has 0 bridgehead atoms. The fourth-order valence-electron chi connectivity index (χ4n) is 4.29. The molecule has 0 radical (unpaired) electrons. The monoisotopic (exact) mass is 578 g/mol. The summed E-state index contributed by atoms with van der Waals surface area (Å²) in [4.78, 5) is 8.28. The Bertz CT molecular complexity index is 1460. The molecule has 4 rings (SSSR count). The van der Waals surface area contributed by atoms with Crippen LogP contribution in [0.15, 0.2) is 61.4 Å². The zero-order valence-corrected chi connectivity index (χ0v) is 22.5. The standard InChI is InChI=1S/C28H28F6N6O/c1-19(2)27(13-39-17-35-16-37-39,23-10-7-21(29)12-24(23)30)14-40-18-36-25(38-40)11-6-20-4-8-22(9-5-20)41-15-28(33,34)26(3,31)32/h4-12,16-19H,13-15H2,1-3H3/b11-6+. The zero-order chi connectivity index (χ0) is 29.8. The van der Waals surface area contributed by atoms with Gasteiger partial charge in [0.05, 0.1) is 13.1 Å². The van der Waals surface area contributed by atoms with Crippen molar-refractivity contribution in [3.63, 3.8) is 0 Å². The van der Waals surface area contributed by atoms with Crippen LogP contribution in [-0.4, -0.2) is 48.0 Å². The highest BCUT2D eigenvalue weighted by molar-refractivity contribution is 5.66. The van der Waals surface area contributed by atoms with E-state index in [2.05, 4.69) is 20.2 Å². The van der Waals surface area contributed by atoms with E-state index in [4.69, 9.17) is 4.74 Å². The first-order valence-electron chi connectivity index (χ1n) is 12.6. The maximum absolute atomic E-state index is 15.1. The van der Waals surface area contributed by atoms with Crippen molar-refractivity contribution < 1.29 is 31.1 Å². The van der Waals surface area contributed by atoms with Crippen LogP contribution >= 0.6 is 0 Å². The van der Waals surface area contributed by atoms with Crippen molar-refractivity contribution in [2.24, 2.45) is 5.92 Å². The first-order valence-corrected chi connectivity index (χ1v) is 12.6. The van der Waals surface area contributed by atoms with Crippen molar-refractivity contribution in [3.05, 3.63) is 90.0 Å². The van der Waals surface area contributed by atoms with Crippen LogP contribution in [-0.2, 0) is 18.5 Å². The van der Waals surface area contributed by atoms with Crippen LogP contribution in [0.3, 0.4) is 0 Å². The highest BCUT2D eigenvalue weighted by Gasteiger charge is 2.53. The van der Waals surface area contributed by atoms with E-state index in [0.717, 1.165) is 6.07 Å². The van der Waals surface area contributed by atoms with Crippen LogP contribution in [0.4, 0.5) is 26.3 Å². The Labute approximate surface area is 232 Å². The predicted molar refractivity (Wildman–Crippen MR) is 139 cm³/mol. The molecule has 2 aromatic carbocycles. The fraction of sp³-hybridized carbons (Fsp3) is 0.357. The maximum atomic E-state index is 15.1. The summed E-state index contributed by atoms with van der Waals surface area (Å²) >= 11 is 0. The van der Waals surface area contributed by atoms with Gasteiger partial charge in [-0.3, -0.25) is 9.36 Å². The first-order chi connectivity index (χ1) is 19.3. The van der Waals surface area contributed by atoms with Crippen LogP contribution in [0, 0.1) is 17.6 Å². The van der Waals surface area contributed by atoms with Crippen molar-refractivity contribution in [3.8, 4) is 5.75 Å². The molecule has 4 aromatic rings. The lowest BCUT2D eigenvalue weighted by molar-refractivity contribution is -0.211. The van der Waals surface area contributed by atoms with Gasteiger partial charge in [-0.05, 0) is 41.3 Å². The SMILES string of the molecule is CC(C)C(Cn1cncn1)(Cn1cnc(/C=C/c2ccc(OCC(F)(F)C(C)(F)F)cc2)n1)c1ccc(F)cc1F. The van der Waals surface area contributed by atoms with E-state index in [1.165, 1.54) is 43.2 Å². The first kappa shape index (κ1) is 29.8. The molecule has 7 nitrogen and oxygen atoms in total. The molecule has 0 aliphatic rings. The minimum absolute atomic E-state index is 0.0129. The predicted octanol–water partition coefficient (Wildman–Crippen LogP) is 6.28. The Morgan fingerprint density at radius 2 is 1.63 bits per heavy atom. The zero-order valence-electron chi connectivity index (χ0n) is 22.5. The summed E-state index contributed by atoms with van der Waals surface area (Å²) in [5.74, 6) is -9.66. The van der Waals surface area contributed by atoms with Crippen molar-refractivity contribution in [2.45, 2.75) is 51.1 Å².